The maximum absolute atomic E-state index is 13.4. The summed E-state index contributed by atoms with van der Waals surface area (Å²) >= 11 is 11.5. The standard InChI is InChI=1S/C26H22ClN3O4S/c1-14-12-18(16(3)29(14)19-10-8-17(9-11-19)25(33)34-4)13-20-23(31)28-26(35)30(24(20)32)22-7-5-6-21(27)15(22)2/h5-13H,1-4H3,(H,28,31,35)/b20-13+. The summed E-state index contributed by atoms with van der Waals surface area (Å²) in [5.41, 5.74) is 4.82. The van der Waals surface area contributed by atoms with Crippen molar-refractivity contribution < 1.29 is 19.1 Å². The van der Waals surface area contributed by atoms with E-state index >= 15 is 0 Å². The molecule has 1 fully saturated rings. The maximum atomic E-state index is 13.4. The van der Waals surface area contributed by atoms with Crippen molar-refractivity contribution in [2.24, 2.45) is 0 Å². The number of esters is 1. The van der Waals surface area contributed by atoms with Crippen molar-refractivity contribution in [2.45, 2.75) is 20.8 Å². The van der Waals surface area contributed by atoms with E-state index in [0.717, 1.165) is 17.1 Å². The Morgan fingerprint density at radius 3 is 2.43 bits per heavy atom. The Morgan fingerprint density at radius 2 is 1.77 bits per heavy atom. The molecule has 7 nitrogen and oxygen atoms in total. The molecule has 2 amide bonds. The van der Waals surface area contributed by atoms with Crippen LogP contribution < -0.4 is 10.2 Å². The van der Waals surface area contributed by atoms with Crippen LogP contribution in [0.3, 0.4) is 0 Å². The van der Waals surface area contributed by atoms with Gasteiger partial charge in [0, 0.05) is 22.1 Å². The Labute approximate surface area is 212 Å². The number of thiocarbonyl (C=S) groups is 1. The van der Waals surface area contributed by atoms with Crippen LogP contribution in [0.5, 0.6) is 0 Å². The van der Waals surface area contributed by atoms with Gasteiger partial charge in [-0.05, 0) is 92.7 Å². The van der Waals surface area contributed by atoms with E-state index in [2.05, 4.69) is 5.32 Å². The number of ether oxygens (including phenoxy) is 1. The summed E-state index contributed by atoms with van der Waals surface area (Å²) in [5, 5.41) is 3.09. The van der Waals surface area contributed by atoms with E-state index in [1.165, 1.54) is 12.0 Å². The number of hydrogen-bond donors (Lipinski definition) is 1. The molecule has 3 aromatic rings. The molecule has 2 heterocycles. The van der Waals surface area contributed by atoms with Crippen LogP contribution in [0.2, 0.25) is 5.02 Å². The van der Waals surface area contributed by atoms with E-state index in [0.29, 0.717) is 27.4 Å². The lowest BCUT2D eigenvalue weighted by Crippen LogP contribution is -2.54. The zero-order valence-corrected chi connectivity index (χ0v) is 21.1. The van der Waals surface area contributed by atoms with Crippen LogP contribution in [0, 0.1) is 20.8 Å². The van der Waals surface area contributed by atoms with Gasteiger partial charge in [0.2, 0.25) is 0 Å². The number of halogens is 1. The minimum Gasteiger partial charge on any atom is -0.465 e. The van der Waals surface area contributed by atoms with Gasteiger partial charge in [0.25, 0.3) is 11.8 Å². The van der Waals surface area contributed by atoms with Gasteiger partial charge in [0.1, 0.15) is 5.57 Å². The highest BCUT2D eigenvalue weighted by molar-refractivity contribution is 7.80. The molecule has 1 aliphatic heterocycles. The van der Waals surface area contributed by atoms with Gasteiger partial charge in [-0.3, -0.25) is 19.8 Å². The average Bonchev–Trinajstić information content (AvgIpc) is 3.11. The molecule has 1 saturated heterocycles. The minimum absolute atomic E-state index is 0.00122. The van der Waals surface area contributed by atoms with Gasteiger partial charge < -0.3 is 9.30 Å². The number of aryl methyl sites for hydroxylation is 1. The number of carbonyl (C=O) groups excluding carboxylic acids is 3. The molecule has 0 spiro atoms. The Morgan fingerprint density at radius 1 is 1.09 bits per heavy atom. The molecule has 0 radical (unpaired) electrons. The highest BCUT2D eigenvalue weighted by Gasteiger charge is 2.35. The summed E-state index contributed by atoms with van der Waals surface area (Å²) in [6, 6.07) is 14.0. The molecule has 1 aromatic heterocycles. The zero-order valence-electron chi connectivity index (χ0n) is 19.5. The quantitative estimate of drug-likeness (QED) is 0.240. The van der Waals surface area contributed by atoms with E-state index in [1.807, 2.05) is 36.6 Å². The van der Waals surface area contributed by atoms with Crippen molar-refractivity contribution in [3.63, 3.8) is 0 Å². The lowest BCUT2D eigenvalue weighted by Gasteiger charge is -2.30. The normalized spacial score (nSPS) is 14.9. The van der Waals surface area contributed by atoms with E-state index in [4.69, 9.17) is 28.6 Å². The lowest BCUT2D eigenvalue weighted by atomic mass is 10.1. The second kappa shape index (κ2) is 9.48. The Balaban J connectivity index is 1.74. The number of aromatic nitrogens is 1. The smallest absolute Gasteiger partial charge is 0.337 e. The Hall–Kier alpha value is -3.75. The van der Waals surface area contributed by atoms with E-state index in [9.17, 15) is 14.4 Å². The third-order valence-corrected chi connectivity index (χ3v) is 6.59. The third-order valence-electron chi connectivity index (χ3n) is 5.90. The van der Waals surface area contributed by atoms with Gasteiger partial charge in [-0.2, -0.15) is 0 Å². The molecule has 0 bridgehead atoms. The molecule has 0 saturated carbocycles. The van der Waals surface area contributed by atoms with Gasteiger partial charge in [0.05, 0.1) is 18.4 Å². The highest BCUT2D eigenvalue weighted by atomic mass is 35.5. The molecule has 9 heteroatoms. The van der Waals surface area contributed by atoms with E-state index in [-0.39, 0.29) is 10.7 Å². The lowest BCUT2D eigenvalue weighted by molar-refractivity contribution is -0.122. The first-order valence-corrected chi connectivity index (χ1v) is 11.5. The predicted octanol–water partition coefficient (Wildman–Crippen LogP) is 4.67. The summed E-state index contributed by atoms with van der Waals surface area (Å²) in [6.45, 7) is 5.59. The van der Waals surface area contributed by atoms with Crippen LogP contribution in [0.4, 0.5) is 5.69 Å². The van der Waals surface area contributed by atoms with Gasteiger partial charge in [-0.25, -0.2) is 4.79 Å². The predicted molar refractivity (Wildman–Crippen MR) is 139 cm³/mol. The SMILES string of the molecule is COC(=O)c1ccc(-n2c(C)cc(/C=C3\C(=O)NC(=S)N(c4cccc(Cl)c4C)C3=O)c2C)cc1. The van der Waals surface area contributed by atoms with Crippen molar-refractivity contribution >= 4 is 58.5 Å². The highest BCUT2D eigenvalue weighted by Crippen LogP contribution is 2.30. The molecule has 1 aliphatic rings. The van der Waals surface area contributed by atoms with Crippen LogP contribution in [0.1, 0.15) is 32.9 Å². The average molecular weight is 508 g/mol. The van der Waals surface area contributed by atoms with Gasteiger partial charge in [0.15, 0.2) is 5.11 Å². The molecule has 35 heavy (non-hydrogen) atoms. The van der Waals surface area contributed by atoms with Crippen LogP contribution in [-0.2, 0) is 14.3 Å². The summed E-state index contributed by atoms with van der Waals surface area (Å²) in [6.07, 6.45) is 1.56. The van der Waals surface area contributed by atoms with Gasteiger partial charge in [-0.1, -0.05) is 17.7 Å². The second-order valence-corrected chi connectivity index (χ2v) is 8.84. The fourth-order valence-electron chi connectivity index (χ4n) is 4.07. The van der Waals surface area contributed by atoms with Crippen LogP contribution in [0.15, 0.2) is 54.1 Å². The number of amides is 2. The largest absolute Gasteiger partial charge is 0.465 e. The van der Waals surface area contributed by atoms with Crippen molar-refractivity contribution in [1.29, 1.82) is 0 Å². The molecular formula is C26H22ClN3O4S. The first kappa shape index (κ1) is 24.4. The van der Waals surface area contributed by atoms with E-state index < -0.39 is 17.8 Å². The molecule has 2 aromatic carbocycles. The molecule has 0 aliphatic carbocycles. The first-order chi connectivity index (χ1) is 16.6. The number of carbonyl (C=O) groups is 3. The topological polar surface area (TPSA) is 80.6 Å². The monoisotopic (exact) mass is 507 g/mol. The number of nitrogens with zero attached hydrogens (tertiary/aromatic N) is 2. The maximum Gasteiger partial charge on any atom is 0.337 e. The number of nitrogens with one attached hydrogen (secondary N) is 1. The van der Waals surface area contributed by atoms with Crippen molar-refractivity contribution in [2.75, 3.05) is 12.0 Å². The third kappa shape index (κ3) is 4.38. The van der Waals surface area contributed by atoms with Crippen LogP contribution >= 0.6 is 23.8 Å². The summed E-state index contributed by atoms with van der Waals surface area (Å²) in [4.78, 5) is 39.2. The molecule has 178 valence electrons. The molecule has 4 rings (SSSR count). The fraction of sp³-hybridized carbons (Fsp3) is 0.154. The molecule has 0 unspecified atom stereocenters. The molecule has 0 atom stereocenters. The van der Waals surface area contributed by atoms with Crippen molar-refractivity contribution in [1.82, 2.24) is 9.88 Å². The molecular weight excluding hydrogens is 486 g/mol. The van der Waals surface area contributed by atoms with Crippen molar-refractivity contribution in [3.05, 3.63) is 87.2 Å². The van der Waals surface area contributed by atoms with Crippen LogP contribution in [0.25, 0.3) is 11.8 Å². The zero-order chi connectivity index (χ0) is 25.4. The Bertz CT molecular complexity index is 1420. The number of hydrogen-bond acceptors (Lipinski definition) is 5. The summed E-state index contributed by atoms with van der Waals surface area (Å²) in [7, 11) is 1.33. The summed E-state index contributed by atoms with van der Waals surface area (Å²) < 4.78 is 6.73. The van der Waals surface area contributed by atoms with Crippen molar-refractivity contribution in [3.8, 4) is 5.69 Å². The number of rotatable bonds is 4. The minimum atomic E-state index is -0.567. The summed E-state index contributed by atoms with van der Waals surface area (Å²) in [5.74, 6) is -1.51. The number of anilines is 1. The Kier molecular flexibility index (Phi) is 6.60. The van der Waals surface area contributed by atoms with Gasteiger partial charge in [-0.15, -0.1) is 0 Å². The molecule has 1 N–H and O–H groups in total. The fourth-order valence-corrected chi connectivity index (χ4v) is 4.51. The number of methoxy groups -OCH3 is 1. The van der Waals surface area contributed by atoms with E-state index in [1.54, 1.807) is 43.3 Å². The number of benzene rings is 2. The van der Waals surface area contributed by atoms with Gasteiger partial charge >= 0.3 is 5.97 Å². The second-order valence-electron chi connectivity index (χ2n) is 8.04. The van der Waals surface area contributed by atoms with Crippen LogP contribution in [-0.4, -0.2) is 34.6 Å². The first-order valence-electron chi connectivity index (χ1n) is 10.7.